The number of hydrogen-bond acceptors (Lipinski definition) is 5. The van der Waals surface area contributed by atoms with Crippen LogP contribution in [0.15, 0.2) is 35.7 Å². The summed E-state index contributed by atoms with van der Waals surface area (Å²) in [5.41, 5.74) is -0.239. The van der Waals surface area contributed by atoms with Gasteiger partial charge >= 0.3 is 5.97 Å². The molecule has 0 bridgehead atoms. The number of carbonyl (C=O) groups excluding carboxylic acids is 1. The SMILES string of the molecule is C=CCC(F)(F)C(C)Oc1ccc(S(C)(=O)=O)cc1C(=O)OC. The fourth-order valence-corrected chi connectivity index (χ4v) is 2.39. The molecule has 1 unspecified atom stereocenters. The van der Waals surface area contributed by atoms with Crippen molar-refractivity contribution in [3.05, 3.63) is 36.4 Å². The number of rotatable bonds is 7. The second kappa shape index (κ2) is 7.08. The van der Waals surface area contributed by atoms with E-state index in [0.29, 0.717) is 0 Å². The monoisotopic (exact) mass is 348 g/mol. The Morgan fingerprint density at radius 3 is 2.52 bits per heavy atom. The summed E-state index contributed by atoms with van der Waals surface area (Å²) in [6.45, 7) is 4.40. The number of halogens is 2. The molecule has 0 amide bonds. The Hall–Kier alpha value is -1.96. The summed E-state index contributed by atoms with van der Waals surface area (Å²) >= 11 is 0. The fraction of sp³-hybridized carbons (Fsp3) is 0.400. The highest BCUT2D eigenvalue weighted by molar-refractivity contribution is 7.90. The molecule has 1 atom stereocenters. The van der Waals surface area contributed by atoms with Crippen molar-refractivity contribution in [2.24, 2.45) is 0 Å². The molecule has 0 saturated heterocycles. The summed E-state index contributed by atoms with van der Waals surface area (Å²) in [5, 5.41) is 0. The predicted octanol–water partition coefficient (Wildman–Crippen LogP) is 2.86. The predicted molar refractivity (Wildman–Crippen MR) is 80.7 cm³/mol. The number of allylic oxidation sites excluding steroid dienone is 1. The van der Waals surface area contributed by atoms with Gasteiger partial charge in [-0.1, -0.05) is 6.08 Å². The number of hydrogen-bond donors (Lipinski definition) is 0. The Bertz CT molecular complexity index is 698. The van der Waals surface area contributed by atoms with Crippen LogP contribution in [0.25, 0.3) is 0 Å². The van der Waals surface area contributed by atoms with Gasteiger partial charge in [0, 0.05) is 12.7 Å². The van der Waals surface area contributed by atoms with E-state index in [4.69, 9.17) is 4.74 Å². The molecule has 0 spiro atoms. The van der Waals surface area contributed by atoms with Crippen molar-refractivity contribution in [2.75, 3.05) is 13.4 Å². The highest BCUT2D eigenvalue weighted by Gasteiger charge is 2.37. The van der Waals surface area contributed by atoms with Crippen LogP contribution in [0.3, 0.4) is 0 Å². The van der Waals surface area contributed by atoms with Crippen molar-refractivity contribution >= 4 is 15.8 Å². The van der Waals surface area contributed by atoms with E-state index in [1.165, 1.54) is 6.07 Å². The molecule has 0 radical (unpaired) electrons. The average molecular weight is 348 g/mol. The van der Waals surface area contributed by atoms with E-state index in [9.17, 15) is 22.0 Å². The van der Waals surface area contributed by atoms with Crippen LogP contribution in [0.4, 0.5) is 8.78 Å². The molecule has 128 valence electrons. The van der Waals surface area contributed by atoms with Gasteiger partial charge in [-0.15, -0.1) is 6.58 Å². The summed E-state index contributed by atoms with van der Waals surface area (Å²) in [5.74, 6) is -4.25. The second-order valence-corrected chi connectivity index (χ2v) is 6.95. The maximum Gasteiger partial charge on any atom is 0.341 e. The topological polar surface area (TPSA) is 69.7 Å². The van der Waals surface area contributed by atoms with Crippen LogP contribution >= 0.6 is 0 Å². The van der Waals surface area contributed by atoms with Gasteiger partial charge in [-0.25, -0.2) is 22.0 Å². The lowest BCUT2D eigenvalue weighted by atomic mass is 10.1. The molecule has 0 aliphatic rings. The van der Waals surface area contributed by atoms with Gasteiger partial charge in [0.15, 0.2) is 15.9 Å². The molecule has 23 heavy (non-hydrogen) atoms. The molecule has 0 aromatic heterocycles. The van der Waals surface area contributed by atoms with E-state index in [1.54, 1.807) is 0 Å². The molecule has 0 N–H and O–H groups in total. The number of carbonyl (C=O) groups is 1. The smallest absolute Gasteiger partial charge is 0.341 e. The lowest BCUT2D eigenvalue weighted by Gasteiger charge is -2.24. The highest BCUT2D eigenvalue weighted by Crippen LogP contribution is 2.30. The molecule has 8 heteroatoms. The standard InChI is InChI=1S/C15H18F2O5S/c1-5-8-15(16,17)10(2)22-13-7-6-11(23(4,19)20)9-12(13)14(18)21-3/h5-7,9-10H,1,8H2,2-4H3. The van der Waals surface area contributed by atoms with Crippen molar-refractivity contribution in [1.82, 2.24) is 0 Å². The van der Waals surface area contributed by atoms with Crippen LogP contribution in [0, 0.1) is 0 Å². The average Bonchev–Trinajstić information content (AvgIpc) is 2.45. The molecule has 0 heterocycles. The highest BCUT2D eigenvalue weighted by atomic mass is 32.2. The van der Waals surface area contributed by atoms with Crippen molar-refractivity contribution in [3.8, 4) is 5.75 Å². The van der Waals surface area contributed by atoms with Gasteiger partial charge in [0.05, 0.1) is 12.0 Å². The quantitative estimate of drug-likeness (QED) is 0.560. The Morgan fingerprint density at radius 1 is 1.43 bits per heavy atom. The Labute approximate surface area is 133 Å². The van der Waals surface area contributed by atoms with Gasteiger partial charge in [0.25, 0.3) is 5.92 Å². The number of esters is 1. The number of alkyl halides is 2. The summed E-state index contributed by atoms with van der Waals surface area (Å²) in [6, 6.07) is 3.37. The van der Waals surface area contributed by atoms with Crippen molar-refractivity contribution in [1.29, 1.82) is 0 Å². The summed E-state index contributed by atoms with van der Waals surface area (Å²) in [4.78, 5) is 11.6. The maximum atomic E-state index is 13.8. The maximum absolute atomic E-state index is 13.8. The van der Waals surface area contributed by atoms with Gasteiger partial charge in [0.1, 0.15) is 11.3 Å². The molecule has 0 fully saturated rings. The third-order valence-electron chi connectivity index (χ3n) is 3.10. The van der Waals surface area contributed by atoms with Crippen LogP contribution < -0.4 is 4.74 Å². The first-order valence-corrected chi connectivity index (χ1v) is 8.50. The third kappa shape index (κ3) is 4.75. The minimum absolute atomic E-state index is 0.143. The largest absolute Gasteiger partial charge is 0.484 e. The van der Waals surface area contributed by atoms with Crippen LogP contribution in [0.2, 0.25) is 0 Å². The first-order valence-electron chi connectivity index (χ1n) is 6.60. The normalized spacial score (nSPS) is 13.3. The number of ether oxygens (including phenoxy) is 2. The zero-order valence-corrected chi connectivity index (χ0v) is 13.8. The first kappa shape index (κ1) is 19.1. The van der Waals surface area contributed by atoms with Gasteiger partial charge in [-0.05, 0) is 25.1 Å². The molecule has 0 aliphatic heterocycles. The summed E-state index contributed by atoms with van der Waals surface area (Å²) < 4.78 is 60.4. The first-order chi connectivity index (χ1) is 10.5. The molecular weight excluding hydrogens is 330 g/mol. The molecular formula is C15H18F2O5S. The van der Waals surface area contributed by atoms with Crippen molar-refractivity contribution in [3.63, 3.8) is 0 Å². The van der Waals surface area contributed by atoms with E-state index >= 15 is 0 Å². The zero-order valence-electron chi connectivity index (χ0n) is 13.0. The van der Waals surface area contributed by atoms with Gasteiger partial charge in [-0.2, -0.15) is 0 Å². The Kier molecular flexibility index (Phi) is 5.87. The minimum atomic E-state index is -3.57. The fourth-order valence-electron chi connectivity index (χ4n) is 1.75. The number of sulfone groups is 1. The van der Waals surface area contributed by atoms with Crippen molar-refractivity contribution in [2.45, 2.75) is 30.3 Å². The summed E-state index contributed by atoms with van der Waals surface area (Å²) in [7, 11) is -2.48. The van der Waals surface area contributed by atoms with Gasteiger partial charge in [0.2, 0.25) is 0 Å². The van der Waals surface area contributed by atoms with Crippen LogP contribution in [-0.4, -0.2) is 39.8 Å². The second-order valence-electron chi connectivity index (χ2n) is 4.94. The van der Waals surface area contributed by atoms with Crippen LogP contribution in [0.5, 0.6) is 5.75 Å². The van der Waals surface area contributed by atoms with E-state index in [0.717, 1.165) is 38.5 Å². The van der Waals surface area contributed by atoms with Crippen LogP contribution in [-0.2, 0) is 14.6 Å². The molecule has 5 nitrogen and oxygen atoms in total. The lowest BCUT2D eigenvalue weighted by molar-refractivity contribution is -0.0850. The molecule has 1 rings (SSSR count). The number of methoxy groups -OCH3 is 1. The molecule has 1 aromatic carbocycles. The third-order valence-corrected chi connectivity index (χ3v) is 4.21. The molecule has 0 aliphatic carbocycles. The lowest BCUT2D eigenvalue weighted by Crippen LogP contribution is -2.35. The van der Waals surface area contributed by atoms with E-state index in [1.807, 2.05) is 0 Å². The molecule has 1 aromatic rings. The number of benzene rings is 1. The van der Waals surface area contributed by atoms with Crippen molar-refractivity contribution < 1.29 is 31.5 Å². The molecule has 0 saturated carbocycles. The van der Waals surface area contributed by atoms with Crippen LogP contribution in [0.1, 0.15) is 23.7 Å². The Balaban J connectivity index is 3.26. The Morgan fingerprint density at radius 2 is 2.04 bits per heavy atom. The zero-order chi connectivity index (χ0) is 17.8. The van der Waals surface area contributed by atoms with Gasteiger partial charge in [-0.3, -0.25) is 0 Å². The minimum Gasteiger partial charge on any atom is -0.484 e. The van der Waals surface area contributed by atoms with Gasteiger partial charge < -0.3 is 9.47 Å². The van der Waals surface area contributed by atoms with E-state index < -0.39 is 34.3 Å². The van der Waals surface area contributed by atoms with E-state index in [2.05, 4.69) is 11.3 Å². The van der Waals surface area contributed by atoms with E-state index in [-0.39, 0.29) is 16.2 Å². The summed E-state index contributed by atoms with van der Waals surface area (Å²) in [6.07, 6.45) is -0.116.